The topological polar surface area (TPSA) is 96.0 Å². The molecule has 0 aromatic heterocycles. The van der Waals surface area contributed by atoms with E-state index in [0.717, 1.165) is 9.87 Å². The summed E-state index contributed by atoms with van der Waals surface area (Å²) in [5, 5.41) is 3.55. The molecule has 11 heteroatoms. The van der Waals surface area contributed by atoms with Crippen LogP contribution >= 0.6 is 23.2 Å². The summed E-state index contributed by atoms with van der Waals surface area (Å²) < 4.78 is 33.7. The molecular weight excluding hydrogens is 549 g/mol. The number of likely N-dealkylation sites (N-methyl/N-ethyl adjacent to an activating group) is 1. The molecule has 0 heterocycles. The summed E-state index contributed by atoms with van der Waals surface area (Å²) in [4.78, 5) is 27.8. The van der Waals surface area contributed by atoms with Crippen molar-refractivity contribution in [3.8, 4) is 5.75 Å². The molecule has 0 aliphatic rings. The van der Waals surface area contributed by atoms with Gasteiger partial charge in [-0.25, -0.2) is 8.42 Å². The Balaban J connectivity index is 2.02. The van der Waals surface area contributed by atoms with Crippen LogP contribution in [0.25, 0.3) is 0 Å². The quantitative estimate of drug-likeness (QED) is 0.354. The number of hydrogen-bond donors (Lipinski definition) is 1. The van der Waals surface area contributed by atoms with Crippen LogP contribution in [0.2, 0.25) is 10.0 Å². The Hall–Kier alpha value is -3.27. The predicted octanol–water partition coefficient (Wildman–Crippen LogP) is 4.75. The number of methoxy groups -OCH3 is 1. The molecule has 0 fully saturated rings. The lowest BCUT2D eigenvalue weighted by Gasteiger charge is -2.32. The van der Waals surface area contributed by atoms with Crippen LogP contribution in [0.1, 0.15) is 19.4 Å². The summed E-state index contributed by atoms with van der Waals surface area (Å²) in [5.74, 6) is -0.447. The minimum absolute atomic E-state index is 0.0351. The van der Waals surface area contributed by atoms with Crippen LogP contribution in [0.5, 0.6) is 5.75 Å². The van der Waals surface area contributed by atoms with Crippen LogP contribution in [-0.4, -0.2) is 51.4 Å². The van der Waals surface area contributed by atoms with Gasteiger partial charge in [-0.05, 0) is 74.0 Å². The molecule has 8 nitrogen and oxygen atoms in total. The molecule has 0 aliphatic carbocycles. The second-order valence-electron chi connectivity index (χ2n) is 8.39. The van der Waals surface area contributed by atoms with Crippen molar-refractivity contribution in [1.29, 1.82) is 0 Å². The number of benzene rings is 3. The van der Waals surface area contributed by atoms with E-state index in [2.05, 4.69) is 5.32 Å². The molecule has 202 valence electrons. The highest BCUT2D eigenvalue weighted by Crippen LogP contribution is 2.28. The van der Waals surface area contributed by atoms with Crippen LogP contribution in [-0.2, 0) is 26.2 Å². The molecule has 0 aliphatic heterocycles. The van der Waals surface area contributed by atoms with E-state index >= 15 is 0 Å². The molecule has 1 atom stereocenters. The zero-order valence-electron chi connectivity index (χ0n) is 21.2. The first-order valence-electron chi connectivity index (χ1n) is 11.8. The normalized spacial score (nSPS) is 11.9. The standard InChI is InChI=1S/C27H29Cl2N3O5S/c1-4-30-27(34)19(2)31(17-20-8-10-21(28)11-9-20)26(33)18-32(23-7-5-6-22(29)16-23)38(35,36)25-14-12-24(37-3)13-15-25/h5-16,19H,4,17-18H2,1-3H3,(H,30,34). The number of nitrogens with one attached hydrogen (secondary N) is 1. The number of ether oxygens (including phenoxy) is 1. The first kappa shape index (κ1) is 29.3. The van der Waals surface area contributed by atoms with Crippen molar-refractivity contribution in [2.75, 3.05) is 24.5 Å². The van der Waals surface area contributed by atoms with Gasteiger partial charge in [-0.2, -0.15) is 0 Å². The maximum atomic E-state index is 13.8. The first-order valence-corrected chi connectivity index (χ1v) is 14.0. The van der Waals surface area contributed by atoms with Crippen molar-refractivity contribution < 1.29 is 22.7 Å². The van der Waals surface area contributed by atoms with Crippen LogP contribution in [0.3, 0.4) is 0 Å². The molecule has 0 saturated carbocycles. The van der Waals surface area contributed by atoms with E-state index < -0.39 is 28.5 Å². The second kappa shape index (κ2) is 13.0. The summed E-state index contributed by atoms with van der Waals surface area (Å²) in [6, 6.07) is 18.1. The SMILES string of the molecule is CCNC(=O)C(C)N(Cc1ccc(Cl)cc1)C(=O)CN(c1cccc(Cl)c1)S(=O)(=O)c1ccc(OC)cc1. The Labute approximate surface area is 233 Å². The van der Waals surface area contributed by atoms with Crippen molar-refractivity contribution >= 4 is 50.7 Å². The first-order chi connectivity index (χ1) is 18.1. The average molecular weight is 579 g/mol. The number of carbonyl (C=O) groups is 2. The number of sulfonamides is 1. The molecule has 3 rings (SSSR count). The predicted molar refractivity (Wildman–Crippen MR) is 149 cm³/mol. The molecule has 1 N–H and O–H groups in total. The number of hydrogen-bond acceptors (Lipinski definition) is 5. The van der Waals surface area contributed by atoms with Crippen LogP contribution < -0.4 is 14.4 Å². The fourth-order valence-corrected chi connectivity index (χ4v) is 5.44. The van der Waals surface area contributed by atoms with Gasteiger partial charge >= 0.3 is 0 Å². The van der Waals surface area contributed by atoms with Gasteiger partial charge in [0.25, 0.3) is 10.0 Å². The van der Waals surface area contributed by atoms with E-state index in [1.165, 1.54) is 42.3 Å². The molecule has 0 spiro atoms. The minimum atomic E-state index is -4.21. The number of halogens is 2. The van der Waals surface area contributed by atoms with E-state index in [1.807, 2.05) is 0 Å². The summed E-state index contributed by atoms with van der Waals surface area (Å²) in [6.07, 6.45) is 0. The number of carbonyl (C=O) groups excluding carboxylic acids is 2. The van der Waals surface area contributed by atoms with Gasteiger partial charge in [0.05, 0.1) is 17.7 Å². The van der Waals surface area contributed by atoms with E-state index in [4.69, 9.17) is 27.9 Å². The van der Waals surface area contributed by atoms with Crippen LogP contribution in [0.15, 0.2) is 77.7 Å². The number of rotatable bonds is 11. The zero-order chi connectivity index (χ0) is 27.9. The van der Waals surface area contributed by atoms with Crippen molar-refractivity contribution in [3.05, 3.63) is 88.4 Å². The average Bonchev–Trinajstić information content (AvgIpc) is 2.91. The third kappa shape index (κ3) is 7.18. The molecule has 0 saturated heterocycles. The van der Waals surface area contributed by atoms with Gasteiger partial charge in [0.15, 0.2) is 0 Å². The highest BCUT2D eigenvalue weighted by molar-refractivity contribution is 7.92. The van der Waals surface area contributed by atoms with Crippen molar-refractivity contribution in [2.24, 2.45) is 0 Å². The minimum Gasteiger partial charge on any atom is -0.497 e. The molecule has 38 heavy (non-hydrogen) atoms. The third-order valence-corrected chi connectivity index (χ3v) is 8.08. The smallest absolute Gasteiger partial charge is 0.264 e. The van der Waals surface area contributed by atoms with Crippen LogP contribution in [0.4, 0.5) is 5.69 Å². The van der Waals surface area contributed by atoms with Gasteiger partial charge in [0, 0.05) is 23.1 Å². The summed E-state index contributed by atoms with van der Waals surface area (Å²) in [7, 11) is -2.73. The van der Waals surface area contributed by atoms with Gasteiger partial charge in [0.2, 0.25) is 11.8 Å². The molecule has 3 aromatic carbocycles. The Bertz CT molecular complexity index is 1370. The van der Waals surface area contributed by atoms with E-state index in [1.54, 1.807) is 56.3 Å². The Morgan fingerprint density at radius 2 is 1.63 bits per heavy atom. The van der Waals surface area contributed by atoms with E-state index in [-0.39, 0.29) is 23.0 Å². The summed E-state index contributed by atoms with van der Waals surface area (Å²) in [6.45, 7) is 3.26. The van der Waals surface area contributed by atoms with Crippen molar-refractivity contribution in [2.45, 2.75) is 31.3 Å². The summed E-state index contributed by atoms with van der Waals surface area (Å²) in [5.41, 5.74) is 0.935. The fraction of sp³-hybridized carbons (Fsp3) is 0.259. The lowest BCUT2D eigenvalue weighted by molar-refractivity contribution is -0.139. The molecule has 1 unspecified atom stereocenters. The van der Waals surface area contributed by atoms with E-state index in [9.17, 15) is 18.0 Å². The van der Waals surface area contributed by atoms with Gasteiger partial charge in [-0.15, -0.1) is 0 Å². The molecular formula is C27H29Cl2N3O5S. The highest BCUT2D eigenvalue weighted by atomic mass is 35.5. The number of amides is 2. The lowest BCUT2D eigenvalue weighted by atomic mass is 10.1. The zero-order valence-corrected chi connectivity index (χ0v) is 23.6. The maximum Gasteiger partial charge on any atom is 0.264 e. The second-order valence-corrected chi connectivity index (χ2v) is 11.1. The molecule has 0 radical (unpaired) electrons. The molecule has 0 bridgehead atoms. The van der Waals surface area contributed by atoms with Crippen molar-refractivity contribution in [3.63, 3.8) is 0 Å². The molecule has 2 amide bonds. The molecule has 3 aromatic rings. The van der Waals surface area contributed by atoms with Gasteiger partial charge in [-0.3, -0.25) is 13.9 Å². The van der Waals surface area contributed by atoms with Gasteiger partial charge < -0.3 is 15.0 Å². The number of nitrogens with zero attached hydrogens (tertiary/aromatic N) is 2. The van der Waals surface area contributed by atoms with E-state index in [0.29, 0.717) is 22.3 Å². The third-order valence-electron chi connectivity index (χ3n) is 5.81. The number of anilines is 1. The van der Waals surface area contributed by atoms with Crippen molar-refractivity contribution in [1.82, 2.24) is 10.2 Å². The van der Waals surface area contributed by atoms with Gasteiger partial charge in [0.1, 0.15) is 18.3 Å². The maximum absolute atomic E-state index is 13.8. The Kier molecular flexibility index (Phi) is 10.0. The van der Waals surface area contributed by atoms with Gasteiger partial charge in [-0.1, -0.05) is 41.4 Å². The monoisotopic (exact) mass is 577 g/mol. The lowest BCUT2D eigenvalue weighted by Crippen LogP contribution is -2.51. The highest BCUT2D eigenvalue weighted by Gasteiger charge is 2.32. The Morgan fingerprint density at radius 1 is 0.974 bits per heavy atom. The van der Waals surface area contributed by atoms with Crippen LogP contribution in [0, 0.1) is 0 Å². The largest absolute Gasteiger partial charge is 0.497 e. The summed E-state index contributed by atoms with van der Waals surface area (Å²) >= 11 is 12.2. The Morgan fingerprint density at radius 3 is 2.21 bits per heavy atom. The fourth-order valence-electron chi connectivity index (χ4n) is 3.73.